The number of benzene rings is 1. The topological polar surface area (TPSA) is 46.3 Å². The summed E-state index contributed by atoms with van der Waals surface area (Å²) in [5.41, 5.74) is 4.35. The molecular weight excluding hydrogens is 233 g/mol. The zero-order chi connectivity index (χ0) is 13.2. The second-order valence-corrected chi connectivity index (χ2v) is 3.78. The molecule has 1 aromatic carbocycles. The lowest BCUT2D eigenvalue weighted by molar-refractivity contribution is -0.137. The fourth-order valence-corrected chi connectivity index (χ4v) is 1.44. The maximum absolute atomic E-state index is 12.5. The third kappa shape index (κ3) is 3.12. The molecule has 0 spiro atoms. The normalized spacial score (nSPS) is 11.6. The Balaban J connectivity index is 3.18. The number of nitrogens with two attached hydrogens (primary N) is 1. The molecule has 2 amide bonds. The minimum Gasteiger partial charge on any atom is -0.351 e. The van der Waals surface area contributed by atoms with Gasteiger partial charge in [0.25, 0.3) is 0 Å². The van der Waals surface area contributed by atoms with Crippen LogP contribution >= 0.6 is 0 Å². The van der Waals surface area contributed by atoms with Crippen molar-refractivity contribution in [1.82, 2.24) is 0 Å². The summed E-state index contributed by atoms with van der Waals surface area (Å²) in [6.45, 7) is 3.32. The molecule has 1 aromatic rings. The highest BCUT2D eigenvalue weighted by Gasteiger charge is 2.31. The average Bonchev–Trinajstić information content (AvgIpc) is 2.15. The first kappa shape index (κ1) is 13.3. The van der Waals surface area contributed by atoms with Crippen LogP contribution in [-0.2, 0) is 6.18 Å². The number of carbonyl (C=O) groups excluding carboxylic acids is 1. The maximum atomic E-state index is 12.5. The lowest BCUT2D eigenvalue weighted by Gasteiger charge is -2.25. The number of hydrogen-bond donors (Lipinski definition) is 1. The predicted molar refractivity (Wildman–Crippen MR) is 57.5 cm³/mol. The Morgan fingerprint density at radius 2 is 2.00 bits per heavy atom. The van der Waals surface area contributed by atoms with Crippen LogP contribution in [0.2, 0.25) is 0 Å². The summed E-state index contributed by atoms with van der Waals surface area (Å²) >= 11 is 0. The molecule has 1 radical (unpaired) electrons. The van der Waals surface area contributed by atoms with E-state index in [-0.39, 0.29) is 11.7 Å². The van der Waals surface area contributed by atoms with E-state index in [2.05, 4.69) is 6.07 Å². The molecule has 1 rings (SSSR count). The summed E-state index contributed by atoms with van der Waals surface area (Å²) in [5.74, 6) is 0. The molecule has 3 nitrogen and oxygen atoms in total. The first-order valence-electron chi connectivity index (χ1n) is 4.90. The first-order valence-corrected chi connectivity index (χ1v) is 4.90. The predicted octanol–water partition coefficient (Wildman–Crippen LogP) is 2.80. The maximum Gasteiger partial charge on any atom is 0.416 e. The van der Waals surface area contributed by atoms with Crippen molar-refractivity contribution in [2.75, 3.05) is 4.90 Å². The molecule has 0 saturated carbocycles. The van der Waals surface area contributed by atoms with Crippen LogP contribution in [0.15, 0.2) is 18.2 Å². The van der Waals surface area contributed by atoms with Crippen molar-refractivity contribution in [1.29, 1.82) is 0 Å². The molecule has 93 valence electrons. The molecule has 0 fully saturated rings. The van der Waals surface area contributed by atoms with Crippen molar-refractivity contribution in [2.24, 2.45) is 5.73 Å². The van der Waals surface area contributed by atoms with E-state index in [1.807, 2.05) is 0 Å². The number of anilines is 1. The van der Waals surface area contributed by atoms with Gasteiger partial charge in [-0.15, -0.1) is 0 Å². The van der Waals surface area contributed by atoms with E-state index < -0.39 is 17.8 Å². The summed E-state index contributed by atoms with van der Waals surface area (Å²) in [6, 6.07) is 4.22. The molecular formula is C11H12F3N2O. The number of primary amides is 1. The number of alkyl halides is 3. The standard InChI is InChI=1S/C11H12F3N2O/c1-7(2)16(10(15)17)9-5-3-4-8(6-9)11(12,13)14/h4-7H,1-2H3,(H2,15,17). The van der Waals surface area contributed by atoms with Crippen molar-refractivity contribution < 1.29 is 18.0 Å². The van der Waals surface area contributed by atoms with Crippen LogP contribution in [0, 0.1) is 6.07 Å². The van der Waals surface area contributed by atoms with Gasteiger partial charge in [-0.05, 0) is 38.1 Å². The van der Waals surface area contributed by atoms with E-state index >= 15 is 0 Å². The van der Waals surface area contributed by atoms with Gasteiger partial charge in [-0.2, -0.15) is 13.2 Å². The molecule has 0 bridgehead atoms. The van der Waals surface area contributed by atoms with E-state index in [0.29, 0.717) is 0 Å². The lowest BCUT2D eigenvalue weighted by atomic mass is 10.1. The van der Waals surface area contributed by atoms with Crippen LogP contribution in [0.3, 0.4) is 0 Å². The van der Waals surface area contributed by atoms with Gasteiger partial charge in [0, 0.05) is 11.7 Å². The fraction of sp³-hybridized carbons (Fsp3) is 0.364. The molecule has 0 aromatic heterocycles. The quantitative estimate of drug-likeness (QED) is 0.855. The number of rotatable bonds is 2. The van der Waals surface area contributed by atoms with E-state index in [1.165, 1.54) is 6.07 Å². The van der Waals surface area contributed by atoms with Crippen molar-refractivity contribution in [3.63, 3.8) is 0 Å². The second-order valence-electron chi connectivity index (χ2n) is 3.78. The number of nitrogens with zero attached hydrogens (tertiary/aromatic N) is 1. The van der Waals surface area contributed by atoms with Crippen molar-refractivity contribution in [3.8, 4) is 0 Å². The molecule has 6 heteroatoms. The Hall–Kier alpha value is -1.72. The summed E-state index contributed by atoms with van der Waals surface area (Å²) < 4.78 is 37.4. The van der Waals surface area contributed by atoms with Crippen LogP contribution in [0.1, 0.15) is 19.4 Å². The Labute approximate surface area is 97.0 Å². The van der Waals surface area contributed by atoms with Crippen LogP contribution in [0.4, 0.5) is 23.7 Å². The van der Waals surface area contributed by atoms with Crippen molar-refractivity contribution >= 4 is 11.7 Å². The largest absolute Gasteiger partial charge is 0.416 e. The van der Waals surface area contributed by atoms with E-state index in [1.54, 1.807) is 13.8 Å². The minimum absolute atomic E-state index is 0.0855. The van der Waals surface area contributed by atoms with E-state index in [9.17, 15) is 18.0 Å². The monoisotopic (exact) mass is 245 g/mol. The third-order valence-electron chi connectivity index (χ3n) is 2.13. The molecule has 17 heavy (non-hydrogen) atoms. The molecule has 2 N–H and O–H groups in total. The molecule has 0 aliphatic heterocycles. The SMILES string of the molecule is CC(C)N(C(N)=O)c1c[c]cc(C(F)(F)F)c1. The summed E-state index contributed by atoms with van der Waals surface area (Å²) in [4.78, 5) is 12.2. The third-order valence-corrected chi connectivity index (χ3v) is 2.13. The summed E-state index contributed by atoms with van der Waals surface area (Å²) in [5, 5.41) is 0. The van der Waals surface area contributed by atoms with E-state index in [4.69, 9.17) is 5.73 Å². The second kappa shape index (κ2) is 4.65. The van der Waals surface area contributed by atoms with Gasteiger partial charge in [0.1, 0.15) is 0 Å². The Kier molecular flexibility index (Phi) is 3.65. The summed E-state index contributed by atoms with van der Waals surface area (Å²) in [6.07, 6.45) is -4.47. The van der Waals surface area contributed by atoms with Gasteiger partial charge in [0.2, 0.25) is 0 Å². The van der Waals surface area contributed by atoms with Gasteiger partial charge < -0.3 is 5.73 Å². The highest BCUT2D eigenvalue weighted by Crippen LogP contribution is 2.31. The van der Waals surface area contributed by atoms with Crippen LogP contribution in [0.5, 0.6) is 0 Å². The fourth-order valence-electron chi connectivity index (χ4n) is 1.44. The molecule has 0 heterocycles. The summed E-state index contributed by atoms with van der Waals surface area (Å²) in [7, 11) is 0. The number of amides is 2. The lowest BCUT2D eigenvalue weighted by Crippen LogP contribution is -2.41. The zero-order valence-electron chi connectivity index (χ0n) is 9.38. The van der Waals surface area contributed by atoms with Crippen LogP contribution < -0.4 is 10.6 Å². The highest BCUT2D eigenvalue weighted by atomic mass is 19.4. The zero-order valence-corrected chi connectivity index (χ0v) is 9.38. The molecule has 0 unspecified atom stereocenters. The first-order chi connectivity index (χ1) is 7.73. The molecule has 0 saturated heterocycles. The smallest absolute Gasteiger partial charge is 0.351 e. The number of carbonyl (C=O) groups is 1. The van der Waals surface area contributed by atoms with Crippen molar-refractivity contribution in [3.05, 3.63) is 29.8 Å². The van der Waals surface area contributed by atoms with Gasteiger partial charge in [0.15, 0.2) is 0 Å². The minimum atomic E-state index is -4.47. The van der Waals surface area contributed by atoms with E-state index in [0.717, 1.165) is 17.0 Å². The Bertz CT molecular complexity index is 415. The van der Waals surface area contributed by atoms with Gasteiger partial charge in [-0.25, -0.2) is 4.79 Å². The number of halogens is 3. The van der Waals surface area contributed by atoms with Gasteiger partial charge >= 0.3 is 12.2 Å². The van der Waals surface area contributed by atoms with Gasteiger partial charge in [0.05, 0.1) is 5.56 Å². The van der Waals surface area contributed by atoms with Gasteiger partial charge in [-0.3, -0.25) is 4.90 Å². The molecule has 0 aliphatic carbocycles. The van der Waals surface area contributed by atoms with Crippen LogP contribution in [-0.4, -0.2) is 12.1 Å². The Morgan fingerprint density at radius 1 is 1.41 bits per heavy atom. The van der Waals surface area contributed by atoms with Gasteiger partial charge in [-0.1, -0.05) is 0 Å². The number of urea groups is 1. The molecule has 0 aliphatic rings. The average molecular weight is 245 g/mol. The number of hydrogen-bond acceptors (Lipinski definition) is 1. The molecule has 0 atom stereocenters. The van der Waals surface area contributed by atoms with Crippen LogP contribution in [0.25, 0.3) is 0 Å². The highest BCUT2D eigenvalue weighted by molar-refractivity contribution is 5.91. The Morgan fingerprint density at radius 3 is 2.41 bits per heavy atom. The van der Waals surface area contributed by atoms with Crippen molar-refractivity contribution in [2.45, 2.75) is 26.1 Å².